The lowest BCUT2D eigenvalue weighted by molar-refractivity contribution is 0.102. The van der Waals surface area contributed by atoms with Gasteiger partial charge in [0.15, 0.2) is 0 Å². The Morgan fingerprint density at radius 3 is 2.48 bits per heavy atom. The Labute approximate surface area is 133 Å². The predicted molar refractivity (Wildman–Crippen MR) is 89.7 cm³/mol. The van der Waals surface area contributed by atoms with Gasteiger partial charge in [-0.3, -0.25) is 4.79 Å². The third kappa shape index (κ3) is 4.86. The quantitative estimate of drug-likeness (QED) is 0.853. The molecule has 2 N–H and O–H groups in total. The topological polar surface area (TPSA) is 54.0 Å². The van der Waals surface area contributed by atoms with Crippen molar-refractivity contribution in [3.8, 4) is 0 Å². The summed E-state index contributed by atoms with van der Waals surface area (Å²) in [6.07, 6.45) is 1.65. The number of carbonyl (C=O) groups excluding carboxylic acids is 1. The van der Waals surface area contributed by atoms with Gasteiger partial charge in [0.05, 0.1) is 11.9 Å². The van der Waals surface area contributed by atoms with Crippen molar-refractivity contribution in [1.29, 1.82) is 0 Å². The van der Waals surface area contributed by atoms with Crippen molar-refractivity contribution in [3.05, 3.63) is 52.6 Å². The van der Waals surface area contributed by atoms with Crippen molar-refractivity contribution < 1.29 is 4.79 Å². The molecular formula is C16H18BrN3O. The Morgan fingerprint density at radius 1 is 1.19 bits per heavy atom. The zero-order valence-electron chi connectivity index (χ0n) is 12.1. The Balaban J connectivity index is 1.96. The van der Waals surface area contributed by atoms with Crippen molar-refractivity contribution >= 4 is 33.3 Å². The highest BCUT2D eigenvalue weighted by Gasteiger charge is 2.06. The molecule has 0 fully saturated rings. The number of hydrogen-bond donors (Lipinski definition) is 2. The van der Waals surface area contributed by atoms with E-state index in [0.29, 0.717) is 17.2 Å². The third-order valence-electron chi connectivity index (χ3n) is 2.82. The fourth-order valence-corrected chi connectivity index (χ4v) is 1.95. The number of benzene rings is 1. The van der Waals surface area contributed by atoms with Gasteiger partial charge in [0, 0.05) is 16.6 Å². The normalized spacial score (nSPS) is 10.5. The summed E-state index contributed by atoms with van der Waals surface area (Å²) in [5.41, 5.74) is 1.29. The van der Waals surface area contributed by atoms with Gasteiger partial charge in [-0.15, -0.1) is 0 Å². The second-order valence-corrected chi connectivity index (χ2v) is 6.08. The zero-order chi connectivity index (χ0) is 15.2. The van der Waals surface area contributed by atoms with Gasteiger partial charge in [0.2, 0.25) is 0 Å². The van der Waals surface area contributed by atoms with Gasteiger partial charge in [-0.05, 0) is 42.3 Å². The Kier molecular flexibility index (Phi) is 5.33. The Hall–Kier alpha value is -1.88. The van der Waals surface area contributed by atoms with E-state index >= 15 is 0 Å². The maximum Gasteiger partial charge on any atom is 0.255 e. The first-order chi connectivity index (χ1) is 10.0. The van der Waals surface area contributed by atoms with Crippen LogP contribution in [0.25, 0.3) is 0 Å². The first-order valence-electron chi connectivity index (χ1n) is 6.81. The van der Waals surface area contributed by atoms with E-state index in [1.54, 1.807) is 18.3 Å². The molecule has 1 heterocycles. The SMILES string of the molecule is CC(C)CNc1ccc(NC(=O)c2ccc(Br)cc2)cn1. The van der Waals surface area contributed by atoms with E-state index in [0.717, 1.165) is 16.8 Å². The van der Waals surface area contributed by atoms with E-state index in [1.165, 1.54) is 0 Å². The van der Waals surface area contributed by atoms with Crippen molar-refractivity contribution in [1.82, 2.24) is 4.98 Å². The molecule has 0 aliphatic carbocycles. The number of aromatic nitrogens is 1. The first kappa shape index (κ1) is 15.5. The molecule has 110 valence electrons. The van der Waals surface area contributed by atoms with Crippen molar-refractivity contribution in [2.24, 2.45) is 5.92 Å². The van der Waals surface area contributed by atoms with Crippen LogP contribution in [0.4, 0.5) is 11.5 Å². The molecule has 0 bridgehead atoms. The number of nitrogens with one attached hydrogen (secondary N) is 2. The number of halogens is 1. The summed E-state index contributed by atoms with van der Waals surface area (Å²) in [7, 11) is 0. The molecule has 5 heteroatoms. The summed E-state index contributed by atoms with van der Waals surface area (Å²) in [5.74, 6) is 1.22. The van der Waals surface area contributed by atoms with Crippen LogP contribution in [0.15, 0.2) is 47.1 Å². The number of rotatable bonds is 5. The molecule has 21 heavy (non-hydrogen) atoms. The van der Waals surface area contributed by atoms with E-state index in [-0.39, 0.29) is 5.91 Å². The zero-order valence-corrected chi connectivity index (χ0v) is 13.6. The second-order valence-electron chi connectivity index (χ2n) is 5.17. The van der Waals surface area contributed by atoms with Crippen LogP contribution in [0, 0.1) is 5.92 Å². The molecule has 2 rings (SSSR count). The third-order valence-corrected chi connectivity index (χ3v) is 3.35. The van der Waals surface area contributed by atoms with Gasteiger partial charge in [-0.25, -0.2) is 4.98 Å². The molecule has 0 saturated carbocycles. The van der Waals surface area contributed by atoms with Gasteiger partial charge >= 0.3 is 0 Å². The van der Waals surface area contributed by atoms with Crippen LogP contribution >= 0.6 is 15.9 Å². The summed E-state index contributed by atoms with van der Waals surface area (Å²) in [6.45, 7) is 5.15. The Morgan fingerprint density at radius 2 is 1.90 bits per heavy atom. The fourth-order valence-electron chi connectivity index (χ4n) is 1.69. The van der Waals surface area contributed by atoms with Gasteiger partial charge in [-0.1, -0.05) is 29.8 Å². The number of hydrogen-bond acceptors (Lipinski definition) is 3. The summed E-state index contributed by atoms with van der Waals surface area (Å²) in [5, 5.41) is 6.06. The standard InChI is InChI=1S/C16H18BrN3O/c1-11(2)9-18-15-8-7-14(10-19-15)20-16(21)12-3-5-13(17)6-4-12/h3-8,10-11H,9H2,1-2H3,(H,18,19)(H,20,21). The van der Waals surface area contributed by atoms with E-state index < -0.39 is 0 Å². The van der Waals surface area contributed by atoms with Crippen LogP contribution in [0.2, 0.25) is 0 Å². The minimum Gasteiger partial charge on any atom is -0.370 e. The predicted octanol–water partition coefficient (Wildman–Crippen LogP) is 4.16. The molecule has 0 aliphatic heterocycles. The molecule has 1 aromatic heterocycles. The number of anilines is 2. The highest BCUT2D eigenvalue weighted by molar-refractivity contribution is 9.10. The van der Waals surface area contributed by atoms with E-state index in [9.17, 15) is 4.79 Å². The lowest BCUT2D eigenvalue weighted by Crippen LogP contribution is -2.12. The van der Waals surface area contributed by atoms with E-state index in [2.05, 4.69) is 45.4 Å². The molecular weight excluding hydrogens is 330 g/mol. The molecule has 0 unspecified atom stereocenters. The van der Waals surface area contributed by atoms with E-state index in [4.69, 9.17) is 0 Å². The molecule has 1 aromatic carbocycles. The van der Waals surface area contributed by atoms with Crippen LogP contribution in [0.5, 0.6) is 0 Å². The fraction of sp³-hybridized carbons (Fsp3) is 0.250. The lowest BCUT2D eigenvalue weighted by atomic mass is 10.2. The molecule has 2 aromatic rings. The summed E-state index contributed by atoms with van der Waals surface area (Å²) >= 11 is 3.35. The maximum atomic E-state index is 12.1. The average molecular weight is 348 g/mol. The van der Waals surface area contributed by atoms with Crippen molar-refractivity contribution in [3.63, 3.8) is 0 Å². The summed E-state index contributed by atoms with van der Waals surface area (Å²) in [6, 6.07) is 10.9. The molecule has 0 spiro atoms. The van der Waals surface area contributed by atoms with Gasteiger partial charge < -0.3 is 10.6 Å². The number of pyridine rings is 1. The first-order valence-corrected chi connectivity index (χ1v) is 7.61. The minimum absolute atomic E-state index is 0.146. The van der Waals surface area contributed by atoms with Crippen LogP contribution in [0.3, 0.4) is 0 Å². The molecule has 0 aliphatic rings. The number of carbonyl (C=O) groups is 1. The van der Waals surface area contributed by atoms with Gasteiger partial charge in [0.1, 0.15) is 5.82 Å². The van der Waals surface area contributed by atoms with Crippen molar-refractivity contribution in [2.45, 2.75) is 13.8 Å². The Bertz CT molecular complexity index is 594. The average Bonchev–Trinajstić information content (AvgIpc) is 2.47. The highest BCUT2D eigenvalue weighted by atomic mass is 79.9. The highest BCUT2D eigenvalue weighted by Crippen LogP contribution is 2.14. The van der Waals surface area contributed by atoms with Crippen LogP contribution in [0.1, 0.15) is 24.2 Å². The maximum absolute atomic E-state index is 12.1. The van der Waals surface area contributed by atoms with E-state index in [1.807, 2.05) is 24.3 Å². The molecule has 1 amide bonds. The van der Waals surface area contributed by atoms with Crippen LogP contribution in [-0.4, -0.2) is 17.4 Å². The molecule has 0 saturated heterocycles. The largest absolute Gasteiger partial charge is 0.370 e. The van der Waals surface area contributed by atoms with Crippen molar-refractivity contribution in [2.75, 3.05) is 17.2 Å². The summed E-state index contributed by atoms with van der Waals surface area (Å²) in [4.78, 5) is 16.3. The minimum atomic E-state index is -0.146. The number of nitrogens with zero attached hydrogens (tertiary/aromatic N) is 1. The molecule has 0 radical (unpaired) electrons. The molecule has 0 atom stereocenters. The molecule has 4 nitrogen and oxygen atoms in total. The second kappa shape index (κ2) is 7.22. The van der Waals surface area contributed by atoms with Gasteiger partial charge in [0.25, 0.3) is 5.91 Å². The summed E-state index contributed by atoms with van der Waals surface area (Å²) < 4.78 is 0.946. The van der Waals surface area contributed by atoms with Gasteiger partial charge in [-0.2, -0.15) is 0 Å². The van der Waals surface area contributed by atoms with Crippen LogP contribution < -0.4 is 10.6 Å². The smallest absolute Gasteiger partial charge is 0.255 e. The lowest BCUT2D eigenvalue weighted by Gasteiger charge is -2.09. The van der Waals surface area contributed by atoms with Crippen LogP contribution in [-0.2, 0) is 0 Å². The number of amides is 1. The monoisotopic (exact) mass is 347 g/mol.